The van der Waals surface area contributed by atoms with Crippen molar-refractivity contribution in [3.63, 3.8) is 0 Å². The van der Waals surface area contributed by atoms with Crippen molar-refractivity contribution < 1.29 is 9.47 Å². The first kappa shape index (κ1) is 33.3. The first-order valence-corrected chi connectivity index (χ1v) is 18.9. The summed E-state index contributed by atoms with van der Waals surface area (Å²) in [7, 11) is 0. The second-order valence-corrected chi connectivity index (χ2v) is 13.8. The smallest absolute Gasteiger partial charge is 0.159 e. The van der Waals surface area contributed by atoms with E-state index in [1.54, 1.807) is 18.5 Å². The van der Waals surface area contributed by atoms with Gasteiger partial charge in [0.15, 0.2) is 5.82 Å². The Bertz CT molecular complexity index is 2890. The highest BCUT2D eigenvalue weighted by Gasteiger charge is 2.17. The molecule has 8 heteroatoms. The van der Waals surface area contributed by atoms with E-state index in [4.69, 9.17) is 19.4 Å². The second kappa shape index (κ2) is 13.8. The molecule has 56 heavy (non-hydrogen) atoms. The van der Waals surface area contributed by atoms with E-state index in [9.17, 15) is 0 Å². The number of rotatable bonds is 9. The minimum Gasteiger partial charge on any atom is -0.457 e. The van der Waals surface area contributed by atoms with Crippen LogP contribution in [0.3, 0.4) is 0 Å². The van der Waals surface area contributed by atoms with Crippen LogP contribution in [0.1, 0.15) is 25.0 Å². The highest BCUT2D eigenvalue weighted by molar-refractivity contribution is 6.10. The van der Waals surface area contributed by atoms with Gasteiger partial charge in [-0.15, -0.1) is 0 Å². The van der Waals surface area contributed by atoms with Crippen molar-refractivity contribution in [2.45, 2.75) is 26.7 Å². The van der Waals surface area contributed by atoms with Crippen molar-refractivity contribution in [1.82, 2.24) is 29.1 Å². The summed E-state index contributed by atoms with van der Waals surface area (Å²) >= 11 is 0. The van der Waals surface area contributed by atoms with Gasteiger partial charge in [0.2, 0.25) is 0 Å². The molecule has 0 saturated heterocycles. The fraction of sp³-hybridized carbons (Fsp3) is 0.0833. The number of aryl methyl sites for hydroxylation is 2. The lowest BCUT2D eigenvalue weighted by Gasteiger charge is -2.13. The number of pyridine rings is 2. The van der Waals surface area contributed by atoms with Crippen LogP contribution in [0.15, 0.2) is 158 Å². The van der Waals surface area contributed by atoms with Crippen LogP contribution in [0.25, 0.3) is 66.6 Å². The zero-order valence-electron chi connectivity index (χ0n) is 30.9. The van der Waals surface area contributed by atoms with Gasteiger partial charge in [-0.3, -0.25) is 9.13 Å². The van der Waals surface area contributed by atoms with E-state index in [-0.39, 0.29) is 0 Å². The average molecular weight is 729 g/mol. The van der Waals surface area contributed by atoms with Gasteiger partial charge < -0.3 is 9.47 Å². The molecule has 8 nitrogen and oxygen atoms in total. The van der Waals surface area contributed by atoms with Gasteiger partial charge in [0, 0.05) is 70.1 Å². The van der Waals surface area contributed by atoms with Gasteiger partial charge in [-0.25, -0.2) is 19.9 Å². The van der Waals surface area contributed by atoms with Crippen LogP contribution < -0.4 is 9.47 Å². The van der Waals surface area contributed by atoms with Gasteiger partial charge in [0.25, 0.3) is 0 Å². The van der Waals surface area contributed by atoms with Crippen LogP contribution in [0.4, 0.5) is 0 Å². The van der Waals surface area contributed by atoms with E-state index < -0.39 is 0 Å². The molecule has 0 N–H and O–H groups in total. The molecule has 0 amide bonds. The first-order valence-electron chi connectivity index (χ1n) is 18.9. The van der Waals surface area contributed by atoms with Crippen molar-refractivity contribution >= 4 is 43.6 Å². The molecule has 0 spiro atoms. The normalized spacial score (nSPS) is 11.5. The quantitative estimate of drug-likeness (QED) is 0.147. The van der Waals surface area contributed by atoms with E-state index in [1.807, 2.05) is 42.7 Å². The van der Waals surface area contributed by atoms with Gasteiger partial charge in [0.1, 0.15) is 34.6 Å². The Morgan fingerprint density at radius 1 is 0.411 bits per heavy atom. The van der Waals surface area contributed by atoms with E-state index >= 15 is 0 Å². The summed E-state index contributed by atoms with van der Waals surface area (Å²) < 4.78 is 17.8. The minimum atomic E-state index is 0.567. The van der Waals surface area contributed by atoms with Crippen molar-refractivity contribution in [2.75, 3.05) is 0 Å². The molecule has 0 aliphatic rings. The molecule has 0 bridgehead atoms. The Morgan fingerprint density at radius 2 is 0.893 bits per heavy atom. The van der Waals surface area contributed by atoms with Gasteiger partial charge in [-0.1, -0.05) is 50.2 Å². The zero-order valence-corrected chi connectivity index (χ0v) is 30.9. The molecule has 0 radical (unpaired) electrons. The predicted molar refractivity (Wildman–Crippen MR) is 224 cm³/mol. The summed E-state index contributed by atoms with van der Waals surface area (Å²) in [4.78, 5) is 18.7. The van der Waals surface area contributed by atoms with E-state index in [2.05, 4.69) is 130 Å². The number of fused-ring (bicyclic) bond motifs is 6. The summed E-state index contributed by atoms with van der Waals surface area (Å²) in [5.41, 5.74) is 7.41. The molecule has 5 heterocycles. The predicted octanol–water partition coefficient (Wildman–Crippen LogP) is 11.8. The standard InChI is InChI=1S/C48H36N6O2/c1-3-31-18-22-49-46(24-31)53-42-12-7-5-10-38(42)40-16-14-34(29-44(40)53)55-36-26-33(48-51-20-9-21-52-48)27-37(28-36)56-35-15-17-41-39-11-6-8-13-43(39)54(45(41)30-35)47-25-32(4-2)19-23-50-47/h5-30H,3-4H2,1-2H3. The van der Waals surface area contributed by atoms with Crippen LogP contribution in [0.2, 0.25) is 0 Å². The molecule has 10 aromatic rings. The van der Waals surface area contributed by atoms with Gasteiger partial charge in [0.05, 0.1) is 22.1 Å². The lowest BCUT2D eigenvalue weighted by molar-refractivity contribution is 0.461. The molecule has 5 aromatic carbocycles. The number of benzene rings is 5. The van der Waals surface area contributed by atoms with Crippen LogP contribution in [0.5, 0.6) is 23.0 Å². The summed E-state index contributed by atoms with van der Waals surface area (Å²) in [6.45, 7) is 4.32. The fourth-order valence-electron chi connectivity index (χ4n) is 7.67. The maximum Gasteiger partial charge on any atom is 0.159 e. The molecule has 270 valence electrons. The third-order valence-corrected chi connectivity index (χ3v) is 10.4. The molecule has 0 fully saturated rings. The van der Waals surface area contributed by atoms with Crippen LogP contribution in [0, 0.1) is 0 Å². The van der Waals surface area contributed by atoms with Gasteiger partial charge in [-0.2, -0.15) is 0 Å². The van der Waals surface area contributed by atoms with E-state index in [0.717, 1.165) is 73.7 Å². The lowest BCUT2D eigenvalue weighted by Crippen LogP contribution is -1.98. The topological polar surface area (TPSA) is 79.9 Å². The average Bonchev–Trinajstić information content (AvgIpc) is 3.76. The monoisotopic (exact) mass is 728 g/mol. The second-order valence-electron chi connectivity index (χ2n) is 13.8. The molecule has 0 unspecified atom stereocenters. The molecular weight excluding hydrogens is 693 g/mol. The Labute approximate surface area is 323 Å². The summed E-state index contributed by atoms with van der Waals surface area (Å²) in [5.74, 6) is 4.85. The molecule has 5 aromatic heterocycles. The number of hydrogen-bond acceptors (Lipinski definition) is 6. The summed E-state index contributed by atoms with van der Waals surface area (Å²) in [6, 6.07) is 45.3. The molecule has 0 aliphatic carbocycles. The van der Waals surface area contributed by atoms with Crippen molar-refractivity contribution in [3.8, 4) is 46.0 Å². The molecule has 0 aliphatic heterocycles. The maximum absolute atomic E-state index is 6.69. The number of aromatic nitrogens is 6. The number of nitrogens with zero attached hydrogens (tertiary/aromatic N) is 6. The zero-order chi connectivity index (χ0) is 37.6. The lowest BCUT2D eigenvalue weighted by atomic mass is 10.1. The van der Waals surface area contributed by atoms with Crippen LogP contribution in [-0.2, 0) is 12.8 Å². The van der Waals surface area contributed by atoms with E-state index in [1.165, 1.54) is 11.1 Å². The van der Waals surface area contributed by atoms with Crippen molar-refractivity contribution in [1.29, 1.82) is 0 Å². The highest BCUT2D eigenvalue weighted by atomic mass is 16.5. The fourth-order valence-corrected chi connectivity index (χ4v) is 7.67. The third-order valence-electron chi connectivity index (χ3n) is 10.4. The molecule has 0 atom stereocenters. The van der Waals surface area contributed by atoms with Gasteiger partial charge in [-0.05, 0) is 103 Å². The number of ether oxygens (including phenoxy) is 2. The van der Waals surface area contributed by atoms with Crippen LogP contribution >= 0.6 is 0 Å². The van der Waals surface area contributed by atoms with Crippen molar-refractivity contribution in [3.05, 3.63) is 169 Å². The Balaban J connectivity index is 1.07. The van der Waals surface area contributed by atoms with Gasteiger partial charge >= 0.3 is 0 Å². The maximum atomic E-state index is 6.69. The number of para-hydroxylation sites is 2. The first-order chi connectivity index (χ1) is 27.6. The highest BCUT2D eigenvalue weighted by Crippen LogP contribution is 2.39. The Morgan fingerprint density at radius 3 is 1.39 bits per heavy atom. The summed E-state index contributed by atoms with van der Waals surface area (Å²) in [6.07, 6.45) is 9.08. The minimum absolute atomic E-state index is 0.567. The summed E-state index contributed by atoms with van der Waals surface area (Å²) in [5, 5.41) is 4.55. The van der Waals surface area contributed by atoms with E-state index in [0.29, 0.717) is 28.8 Å². The Hall–Kier alpha value is -7.32. The third kappa shape index (κ3) is 5.88. The molecular formula is C48H36N6O2. The molecule has 10 rings (SSSR count). The van der Waals surface area contributed by atoms with Crippen LogP contribution in [-0.4, -0.2) is 29.1 Å². The largest absolute Gasteiger partial charge is 0.457 e. The van der Waals surface area contributed by atoms with Crippen molar-refractivity contribution in [2.24, 2.45) is 0 Å². The Kier molecular flexibility index (Phi) is 8.21. The molecule has 0 saturated carbocycles. The SMILES string of the molecule is CCc1ccnc(-n2c3ccccc3c3ccc(Oc4cc(Oc5ccc6c7ccccc7n(-c7cc(CC)ccn7)c6c5)cc(-c5ncccn5)c4)cc32)c1. The number of hydrogen-bond donors (Lipinski definition) is 0.